The van der Waals surface area contributed by atoms with E-state index in [1.807, 2.05) is 32.9 Å². The Bertz CT molecular complexity index is 525. The van der Waals surface area contributed by atoms with E-state index in [0.29, 0.717) is 32.4 Å². The van der Waals surface area contributed by atoms with E-state index in [9.17, 15) is 9.90 Å². The van der Waals surface area contributed by atoms with Gasteiger partial charge in [-0.2, -0.15) is 0 Å². The van der Waals surface area contributed by atoms with E-state index in [2.05, 4.69) is 19.1 Å². The number of hydrogen-bond donors (Lipinski definition) is 1. The lowest BCUT2D eigenvalue weighted by Crippen LogP contribution is -2.49. The Balaban J connectivity index is 1.91. The summed E-state index contributed by atoms with van der Waals surface area (Å²) in [7, 11) is 0. The number of hydrogen-bond acceptors (Lipinski definition) is 3. The predicted octanol–water partition coefficient (Wildman–Crippen LogP) is 3.30. The zero-order chi connectivity index (χ0) is 16.4. The van der Waals surface area contributed by atoms with Gasteiger partial charge >= 0.3 is 6.09 Å². The molecule has 1 aromatic rings. The van der Waals surface area contributed by atoms with Crippen LogP contribution in [0.4, 0.5) is 4.79 Å². The van der Waals surface area contributed by atoms with Crippen LogP contribution in [-0.4, -0.2) is 40.4 Å². The highest BCUT2D eigenvalue weighted by atomic mass is 16.6. The minimum atomic E-state index is -0.730. The molecular weight excluding hydrogens is 278 g/mol. The summed E-state index contributed by atoms with van der Waals surface area (Å²) >= 11 is 0. The summed E-state index contributed by atoms with van der Waals surface area (Å²) in [4.78, 5) is 13.7. The third kappa shape index (κ3) is 4.73. The third-order valence-electron chi connectivity index (χ3n) is 3.96. The summed E-state index contributed by atoms with van der Waals surface area (Å²) in [5, 5.41) is 10.8. The summed E-state index contributed by atoms with van der Waals surface area (Å²) in [6, 6.07) is 8.23. The maximum Gasteiger partial charge on any atom is 0.410 e. The number of aryl methyl sites for hydroxylation is 1. The number of ether oxygens (including phenoxy) is 1. The van der Waals surface area contributed by atoms with Crippen LogP contribution in [0.25, 0.3) is 0 Å². The van der Waals surface area contributed by atoms with Gasteiger partial charge in [0.05, 0.1) is 5.60 Å². The molecule has 0 radical (unpaired) electrons. The number of rotatable bonds is 2. The summed E-state index contributed by atoms with van der Waals surface area (Å²) < 4.78 is 5.38. The summed E-state index contributed by atoms with van der Waals surface area (Å²) in [6.45, 7) is 8.72. The van der Waals surface area contributed by atoms with Crippen LogP contribution in [0.1, 0.15) is 44.7 Å². The third-order valence-corrected chi connectivity index (χ3v) is 3.96. The zero-order valence-corrected chi connectivity index (χ0v) is 14.1. The highest BCUT2D eigenvalue weighted by molar-refractivity contribution is 5.68. The molecule has 0 aliphatic carbocycles. The van der Waals surface area contributed by atoms with Gasteiger partial charge in [0.25, 0.3) is 0 Å². The molecule has 0 saturated carbocycles. The largest absolute Gasteiger partial charge is 0.444 e. The van der Waals surface area contributed by atoms with Crippen molar-refractivity contribution >= 4 is 6.09 Å². The smallest absolute Gasteiger partial charge is 0.410 e. The van der Waals surface area contributed by atoms with Crippen LogP contribution in [0.2, 0.25) is 0 Å². The van der Waals surface area contributed by atoms with Crippen LogP contribution in [-0.2, 0) is 11.2 Å². The summed E-state index contributed by atoms with van der Waals surface area (Å²) in [6.07, 6.45) is 1.52. The van der Waals surface area contributed by atoms with Gasteiger partial charge in [0, 0.05) is 19.5 Å². The van der Waals surface area contributed by atoms with Crippen LogP contribution in [0.15, 0.2) is 24.3 Å². The molecule has 1 heterocycles. The Kier molecular flexibility index (Phi) is 4.81. The topological polar surface area (TPSA) is 49.8 Å². The number of carbonyl (C=O) groups excluding carboxylic acids is 1. The Morgan fingerprint density at radius 2 is 1.95 bits per heavy atom. The van der Waals surface area contributed by atoms with E-state index >= 15 is 0 Å². The zero-order valence-electron chi connectivity index (χ0n) is 14.1. The molecule has 4 heteroatoms. The Morgan fingerprint density at radius 3 is 2.50 bits per heavy atom. The van der Waals surface area contributed by atoms with Gasteiger partial charge in [0.2, 0.25) is 0 Å². The van der Waals surface area contributed by atoms with Gasteiger partial charge in [-0.3, -0.25) is 0 Å². The summed E-state index contributed by atoms with van der Waals surface area (Å²) in [5.74, 6) is 0. The fourth-order valence-corrected chi connectivity index (χ4v) is 2.81. The first-order valence-corrected chi connectivity index (χ1v) is 7.93. The molecule has 0 unspecified atom stereocenters. The van der Waals surface area contributed by atoms with E-state index in [0.717, 1.165) is 5.56 Å². The van der Waals surface area contributed by atoms with Crippen LogP contribution < -0.4 is 0 Å². The van der Waals surface area contributed by atoms with Gasteiger partial charge in [0.1, 0.15) is 5.60 Å². The van der Waals surface area contributed by atoms with Crippen LogP contribution in [0.5, 0.6) is 0 Å². The molecule has 0 atom stereocenters. The van der Waals surface area contributed by atoms with E-state index in [4.69, 9.17) is 4.74 Å². The van der Waals surface area contributed by atoms with E-state index in [-0.39, 0.29) is 6.09 Å². The molecule has 0 aromatic heterocycles. The van der Waals surface area contributed by atoms with Crippen molar-refractivity contribution < 1.29 is 14.6 Å². The molecule has 1 fully saturated rings. The molecule has 4 nitrogen and oxygen atoms in total. The first kappa shape index (κ1) is 16.8. The van der Waals surface area contributed by atoms with E-state index in [1.54, 1.807) is 4.90 Å². The van der Waals surface area contributed by atoms with Crippen molar-refractivity contribution in [3.63, 3.8) is 0 Å². The summed E-state index contributed by atoms with van der Waals surface area (Å²) in [5.41, 5.74) is 1.14. The van der Waals surface area contributed by atoms with Crippen molar-refractivity contribution in [2.24, 2.45) is 0 Å². The number of amides is 1. The molecule has 1 amide bonds. The number of aliphatic hydroxyl groups is 1. The fourth-order valence-electron chi connectivity index (χ4n) is 2.81. The Morgan fingerprint density at radius 1 is 1.32 bits per heavy atom. The Labute approximate surface area is 133 Å². The molecule has 1 aromatic carbocycles. The normalized spacial score (nSPS) is 18.1. The molecule has 1 aliphatic rings. The number of nitrogens with zero attached hydrogens (tertiary/aromatic N) is 1. The van der Waals surface area contributed by atoms with Crippen molar-refractivity contribution in [1.29, 1.82) is 0 Å². The van der Waals surface area contributed by atoms with E-state index in [1.165, 1.54) is 5.56 Å². The lowest BCUT2D eigenvalue weighted by atomic mass is 9.85. The minimum Gasteiger partial charge on any atom is -0.444 e. The maximum atomic E-state index is 12.0. The fraction of sp³-hybridized carbons (Fsp3) is 0.611. The average molecular weight is 305 g/mol. The van der Waals surface area contributed by atoms with Gasteiger partial charge in [0.15, 0.2) is 0 Å². The first-order chi connectivity index (χ1) is 10.2. The van der Waals surface area contributed by atoms with Gasteiger partial charge in [-0.15, -0.1) is 0 Å². The highest BCUT2D eigenvalue weighted by Crippen LogP contribution is 2.27. The monoisotopic (exact) mass is 305 g/mol. The SMILES string of the molecule is Cc1cccc(CC2(O)CCN(C(=O)OC(C)(C)C)CC2)c1. The number of benzene rings is 1. The quantitative estimate of drug-likeness (QED) is 0.912. The molecule has 0 spiro atoms. The predicted molar refractivity (Wildman–Crippen MR) is 86.9 cm³/mol. The van der Waals surface area contributed by atoms with Crippen molar-refractivity contribution in [3.8, 4) is 0 Å². The van der Waals surface area contributed by atoms with Crippen molar-refractivity contribution in [1.82, 2.24) is 4.90 Å². The van der Waals surface area contributed by atoms with Crippen LogP contribution in [0, 0.1) is 6.92 Å². The molecular formula is C18H27NO3. The second-order valence-electron chi connectivity index (χ2n) is 7.36. The molecule has 2 rings (SSSR count). The molecule has 1 aliphatic heterocycles. The van der Waals surface area contributed by atoms with Gasteiger partial charge in [-0.05, 0) is 46.1 Å². The number of piperidine rings is 1. The van der Waals surface area contributed by atoms with Crippen molar-refractivity contribution in [2.75, 3.05) is 13.1 Å². The lowest BCUT2D eigenvalue weighted by Gasteiger charge is -2.38. The van der Waals surface area contributed by atoms with Crippen LogP contribution >= 0.6 is 0 Å². The van der Waals surface area contributed by atoms with Crippen molar-refractivity contribution in [3.05, 3.63) is 35.4 Å². The highest BCUT2D eigenvalue weighted by Gasteiger charge is 2.35. The van der Waals surface area contributed by atoms with Gasteiger partial charge in [-0.1, -0.05) is 29.8 Å². The minimum absolute atomic E-state index is 0.287. The number of carbonyl (C=O) groups is 1. The first-order valence-electron chi connectivity index (χ1n) is 7.93. The van der Waals surface area contributed by atoms with E-state index < -0.39 is 11.2 Å². The number of likely N-dealkylation sites (tertiary alicyclic amines) is 1. The average Bonchev–Trinajstić information content (AvgIpc) is 2.36. The van der Waals surface area contributed by atoms with Crippen LogP contribution in [0.3, 0.4) is 0 Å². The molecule has 122 valence electrons. The molecule has 0 bridgehead atoms. The maximum absolute atomic E-state index is 12.0. The van der Waals surface area contributed by atoms with Gasteiger partial charge in [-0.25, -0.2) is 4.79 Å². The van der Waals surface area contributed by atoms with Crippen molar-refractivity contribution in [2.45, 2.75) is 58.2 Å². The van der Waals surface area contributed by atoms with Gasteiger partial charge < -0.3 is 14.7 Å². The molecule has 1 saturated heterocycles. The second kappa shape index (κ2) is 6.29. The Hall–Kier alpha value is -1.55. The molecule has 1 N–H and O–H groups in total. The second-order valence-corrected chi connectivity index (χ2v) is 7.36. The lowest BCUT2D eigenvalue weighted by molar-refractivity contribution is -0.0315. The molecule has 22 heavy (non-hydrogen) atoms. The standard InChI is InChI=1S/C18H27NO3/c1-14-6-5-7-15(12-14)13-18(21)8-10-19(11-9-18)16(20)22-17(2,3)4/h5-7,12,21H,8-11,13H2,1-4H3.